The molecule has 0 atom stereocenters. The summed E-state index contributed by atoms with van der Waals surface area (Å²) < 4.78 is 5.67. The van der Waals surface area contributed by atoms with Crippen LogP contribution in [0.4, 0.5) is 5.69 Å². The number of carboxylic acid groups (broad SMARTS) is 1. The van der Waals surface area contributed by atoms with Crippen LogP contribution in [0.5, 0.6) is 5.75 Å². The molecule has 3 N–H and O–H groups in total. The van der Waals surface area contributed by atoms with Gasteiger partial charge in [-0.1, -0.05) is 6.07 Å². The largest absolute Gasteiger partial charge is 0.506 e. The van der Waals surface area contributed by atoms with E-state index < -0.39 is 22.8 Å². The Morgan fingerprint density at radius 1 is 1.25 bits per heavy atom. The maximum absolute atomic E-state index is 12.1. The van der Waals surface area contributed by atoms with E-state index in [2.05, 4.69) is 9.88 Å². The molecule has 2 aromatic rings. The van der Waals surface area contributed by atoms with Crippen LogP contribution in [-0.2, 0) is 24.4 Å². The first-order valence-electron chi connectivity index (χ1n) is 7.64. The predicted octanol–water partition coefficient (Wildman–Crippen LogP) is 1.47. The van der Waals surface area contributed by atoms with E-state index in [9.17, 15) is 14.7 Å². The number of hydrogen-bond donors (Lipinski definition) is 3. The zero-order chi connectivity index (χ0) is 17.0. The maximum Gasteiger partial charge on any atom is 0.345 e. The van der Waals surface area contributed by atoms with Gasteiger partial charge in [0.2, 0.25) is 0 Å². The molecule has 24 heavy (non-hydrogen) atoms. The van der Waals surface area contributed by atoms with Gasteiger partial charge in [0, 0.05) is 30.4 Å². The summed E-state index contributed by atoms with van der Waals surface area (Å²) in [6.45, 7) is 1.31. The number of aromatic nitrogens is 1. The van der Waals surface area contributed by atoms with Crippen molar-refractivity contribution in [2.45, 2.75) is 19.6 Å². The molecule has 7 heteroatoms. The van der Waals surface area contributed by atoms with Crippen molar-refractivity contribution in [3.8, 4) is 17.0 Å². The number of likely N-dealkylation sites (N-methyl/N-ethyl adjacent to an activating group) is 1. The minimum atomic E-state index is -1.46. The van der Waals surface area contributed by atoms with Crippen LogP contribution in [0, 0.1) is 0 Å². The Morgan fingerprint density at radius 3 is 2.75 bits per heavy atom. The molecule has 0 spiro atoms. The SMILES string of the molecule is CN1CCc2c1ccc1c2COCc2c-1[nH]c(=O)c(C(=O)O)c2O. The summed E-state index contributed by atoms with van der Waals surface area (Å²) in [5.41, 5.74) is 3.34. The number of nitrogens with one attached hydrogen (secondary N) is 1. The number of pyridine rings is 1. The summed E-state index contributed by atoms with van der Waals surface area (Å²) in [5, 5.41) is 19.4. The molecule has 0 fully saturated rings. The van der Waals surface area contributed by atoms with Gasteiger partial charge in [0.1, 0.15) is 5.75 Å². The summed E-state index contributed by atoms with van der Waals surface area (Å²) in [5.74, 6) is -1.98. The summed E-state index contributed by atoms with van der Waals surface area (Å²) in [7, 11) is 2.02. The standard InChI is InChI=1S/C17H16N2O5/c1-19-5-4-8-10-6-24-7-11-14(9(10)2-3-12(8)19)18-16(21)13(15(11)20)17(22)23/h2-3H,4-7H2,1H3,(H,22,23)(H2,18,20,21). The van der Waals surface area contributed by atoms with Crippen LogP contribution < -0.4 is 10.5 Å². The number of aromatic amines is 1. The molecule has 124 valence electrons. The summed E-state index contributed by atoms with van der Waals surface area (Å²) >= 11 is 0. The van der Waals surface area contributed by atoms with Gasteiger partial charge < -0.3 is 24.8 Å². The second kappa shape index (κ2) is 5.10. The summed E-state index contributed by atoms with van der Waals surface area (Å²) in [6, 6.07) is 3.87. The molecule has 0 radical (unpaired) electrons. The van der Waals surface area contributed by atoms with Crippen molar-refractivity contribution >= 4 is 11.7 Å². The van der Waals surface area contributed by atoms with Crippen LogP contribution in [0.15, 0.2) is 16.9 Å². The Kier molecular flexibility index (Phi) is 3.14. The summed E-state index contributed by atoms with van der Waals surface area (Å²) in [4.78, 5) is 28.1. The zero-order valence-electron chi connectivity index (χ0n) is 13.0. The first-order chi connectivity index (χ1) is 11.5. The third kappa shape index (κ3) is 1.94. The Morgan fingerprint density at radius 2 is 2.00 bits per heavy atom. The fourth-order valence-electron chi connectivity index (χ4n) is 3.57. The van der Waals surface area contributed by atoms with E-state index in [0.717, 1.165) is 29.8 Å². The molecule has 0 aliphatic carbocycles. The molecule has 2 aliphatic heterocycles. The van der Waals surface area contributed by atoms with Gasteiger partial charge in [-0.3, -0.25) is 4.79 Å². The number of fused-ring (bicyclic) bond motifs is 5. The molecular formula is C17H16N2O5. The Hall–Kier alpha value is -2.80. The fraction of sp³-hybridized carbons (Fsp3) is 0.294. The average Bonchev–Trinajstić information content (AvgIpc) is 2.80. The highest BCUT2D eigenvalue weighted by Gasteiger charge is 2.29. The number of ether oxygens (including phenoxy) is 1. The van der Waals surface area contributed by atoms with Gasteiger partial charge in [-0.05, 0) is 23.6 Å². The van der Waals surface area contributed by atoms with Crippen molar-refractivity contribution in [2.75, 3.05) is 18.5 Å². The number of hydrogen-bond acceptors (Lipinski definition) is 5. The number of aromatic hydroxyl groups is 1. The van der Waals surface area contributed by atoms with Crippen molar-refractivity contribution in [3.63, 3.8) is 0 Å². The van der Waals surface area contributed by atoms with Crippen LogP contribution in [0.2, 0.25) is 0 Å². The minimum Gasteiger partial charge on any atom is -0.506 e. The highest BCUT2D eigenvalue weighted by Crippen LogP contribution is 2.40. The number of nitrogens with zero attached hydrogens (tertiary/aromatic N) is 1. The van der Waals surface area contributed by atoms with Crippen molar-refractivity contribution in [1.82, 2.24) is 4.98 Å². The highest BCUT2D eigenvalue weighted by molar-refractivity contribution is 5.92. The van der Waals surface area contributed by atoms with Crippen LogP contribution >= 0.6 is 0 Å². The lowest BCUT2D eigenvalue weighted by molar-refractivity contribution is 0.0690. The lowest BCUT2D eigenvalue weighted by atomic mass is 9.95. The topological polar surface area (TPSA) is 103 Å². The molecule has 4 rings (SSSR count). The highest BCUT2D eigenvalue weighted by atomic mass is 16.5. The van der Waals surface area contributed by atoms with Crippen molar-refractivity contribution in [3.05, 3.63) is 44.7 Å². The second-order valence-corrected chi connectivity index (χ2v) is 6.09. The van der Waals surface area contributed by atoms with E-state index in [1.54, 1.807) is 0 Å². The van der Waals surface area contributed by atoms with E-state index in [1.165, 1.54) is 5.56 Å². The average molecular weight is 328 g/mol. The van der Waals surface area contributed by atoms with Gasteiger partial charge in [0.25, 0.3) is 5.56 Å². The van der Waals surface area contributed by atoms with Gasteiger partial charge in [-0.2, -0.15) is 0 Å². The number of anilines is 1. The van der Waals surface area contributed by atoms with Gasteiger partial charge in [0.15, 0.2) is 5.56 Å². The van der Waals surface area contributed by atoms with E-state index >= 15 is 0 Å². The maximum atomic E-state index is 12.1. The molecule has 1 aromatic heterocycles. The molecule has 0 saturated carbocycles. The second-order valence-electron chi connectivity index (χ2n) is 6.09. The van der Waals surface area contributed by atoms with Crippen LogP contribution in [0.1, 0.15) is 27.0 Å². The van der Waals surface area contributed by atoms with Crippen LogP contribution in [0.25, 0.3) is 11.3 Å². The van der Waals surface area contributed by atoms with Crippen molar-refractivity contribution < 1.29 is 19.7 Å². The first-order valence-corrected chi connectivity index (χ1v) is 7.64. The number of rotatable bonds is 1. The van der Waals surface area contributed by atoms with Gasteiger partial charge in [0.05, 0.1) is 18.9 Å². The smallest absolute Gasteiger partial charge is 0.345 e. The van der Waals surface area contributed by atoms with Gasteiger partial charge in [-0.15, -0.1) is 0 Å². The van der Waals surface area contributed by atoms with E-state index in [0.29, 0.717) is 17.9 Å². The molecule has 7 nitrogen and oxygen atoms in total. The third-order valence-corrected chi connectivity index (χ3v) is 4.78. The van der Waals surface area contributed by atoms with Crippen LogP contribution in [-0.4, -0.2) is 34.8 Å². The number of aromatic carboxylic acids is 1. The molecule has 0 saturated heterocycles. The fourth-order valence-corrected chi connectivity index (χ4v) is 3.57. The normalized spacial score (nSPS) is 15.5. The monoisotopic (exact) mass is 328 g/mol. The Labute approximate surface area is 137 Å². The Balaban J connectivity index is 2.01. The minimum absolute atomic E-state index is 0.0392. The van der Waals surface area contributed by atoms with E-state index in [4.69, 9.17) is 9.84 Å². The number of carbonyl (C=O) groups is 1. The molecule has 0 bridgehead atoms. The molecule has 3 heterocycles. The quantitative estimate of drug-likeness (QED) is 0.732. The summed E-state index contributed by atoms with van der Waals surface area (Å²) in [6.07, 6.45) is 0.886. The zero-order valence-corrected chi connectivity index (χ0v) is 13.0. The van der Waals surface area contributed by atoms with Crippen molar-refractivity contribution in [2.24, 2.45) is 0 Å². The van der Waals surface area contributed by atoms with E-state index in [-0.39, 0.29) is 6.61 Å². The third-order valence-electron chi connectivity index (χ3n) is 4.78. The lowest BCUT2D eigenvalue weighted by Gasteiger charge is -2.16. The molecule has 0 amide bonds. The number of benzene rings is 1. The molecule has 2 aliphatic rings. The van der Waals surface area contributed by atoms with Crippen LogP contribution in [0.3, 0.4) is 0 Å². The first kappa shape index (κ1) is 14.8. The molecular weight excluding hydrogens is 312 g/mol. The van der Waals surface area contributed by atoms with Crippen molar-refractivity contribution in [1.29, 1.82) is 0 Å². The molecule has 0 unspecified atom stereocenters. The van der Waals surface area contributed by atoms with Gasteiger partial charge in [-0.25, -0.2) is 4.79 Å². The lowest BCUT2D eigenvalue weighted by Crippen LogP contribution is -2.20. The van der Waals surface area contributed by atoms with Gasteiger partial charge >= 0.3 is 5.97 Å². The Bertz CT molecular complexity index is 932. The number of carboxylic acids is 1. The van der Waals surface area contributed by atoms with E-state index in [1.807, 2.05) is 19.2 Å². The number of H-pyrrole nitrogens is 1. The molecule has 1 aromatic carbocycles. The predicted molar refractivity (Wildman–Crippen MR) is 86.6 cm³/mol.